The van der Waals surface area contributed by atoms with Crippen LogP contribution < -0.4 is 4.74 Å². The van der Waals surface area contributed by atoms with Crippen molar-refractivity contribution in [1.82, 2.24) is 0 Å². The summed E-state index contributed by atoms with van der Waals surface area (Å²) in [5.41, 5.74) is 0.209. The van der Waals surface area contributed by atoms with Crippen molar-refractivity contribution in [2.45, 2.75) is 26.2 Å². The van der Waals surface area contributed by atoms with Crippen LogP contribution in [0.2, 0.25) is 0 Å². The average molecular weight is 345 g/mol. The van der Waals surface area contributed by atoms with Gasteiger partial charge in [0.05, 0.1) is 6.61 Å². The van der Waals surface area contributed by atoms with E-state index in [1.54, 1.807) is 12.1 Å². The highest BCUT2D eigenvalue weighted by atomic mass is 19.1. The fraction of sp³-hybridized carbons (Fsp3) is 0.250. The number of hydrogen-bond donors (Lipinski definition) is 0. The Morgan fingerprint density at radius 2 is 1.76 bits per heavy atom. The zero-order valence-electron chi connectivity index (χ0n) is 13.9. The number of rotatable bonds is 7. The van der Waals surface area contributed by atoms with Gasteiger partial charge in [0.25, 0.3) is 0 Å². The van der Waals surface area contributed by atoms with Gasteiger partial charge in [-0.1, -0.05) is 18.2 Å². The van der Waals surface area contributed by atoms with Crippen LogP contribution in [0, 0.1) is 28.8 Å². The Bertz CT molecular complexity index is 786. The molecule has 0 heterocycles. The molecule has 0 bridgehead atoms. The summed E-state index contributed by atoms with van der Waals surface area (Å²) in [7, 11) is 0. The molecule has 0 saturated heterocycles. The van der Waals surface area contributed by atoms with Crippen LogP contribution in [0.15, 0.2) is 42.5 Å². The summed E-state index contributed by atoms with van der Waals surface area (Å²) in [4.78, 5) is 0. The Balaban J connectivity index is 2.00. The molecular weight excluding hydrogens is 327 g/mol. The SMILES string of the molecule is C/C=C/CCOc1ccc(CCc2cc(F)c(C#N)c(F)c2)c(F)c1. The lowest BCUT2D eigenvalue weighted by molar-refractivity contribution is 0.323. The molecule has 0 aromatic heterocycles. The normalized spacial score (nSPS) is 10.8. The lowest BCUT2D eigenvalue weighted by Gasteiger charge is -2.08. The van der Waals surface area contributed by atoms with Gasteiger partial charge in [0, 0.05) is 6.07 Å². The molecule has 0 N–H and O–H groups in total. The number of nitrogens with zero attached hydrogens (tertiary/aromatic N) is 1. The zero-order chi connectivity index (χ0) is 18.2. The van der Waals surface area contributed by atoms with Crippen LogP contribution in [0.1, 0.15) is 30.0 Å². The van der Waals surface area contributed by atoms with E-state index in [1.165, 1.54) is 12.1 Å². The number of benzene rings is 2. The van der Waals surface area contributed by atoms with Crippen molar-refractivity contribution in [2.75, 3.05) is 6.61 Å². The third-order valence-corrected chi connectivity index (χ3v) is 3.71. The minimum atomic E-state index is -0.900. The predicted octanol–water partition coefficient (Wildman–Crippen LogP) is 5.11. The van der Waals surface area contributed by atoms with Gasteiger partial charge in [-0.15, -0.1) is 0 Å². The molecule has 25 heavy (non-hydrogen) atoms. The van der Waals surface area contributed by atoms with Crippen molar-refractivity contribution < 1.29 is 17.9 Å². The first-order chi connectivity index (χ1) is 12.0. The summed E-state index contributed by atoms with van der Waals surface area (Å²) < 4.78 is 46.7. The molecule has 5 heteroatoms. The van der Waals surface area contributed by atoms with Gasteiger partial charge in [0.15, 0.2) is 0 Å². The highest BCUT2D eigenvalue weighted by molar-refractivity contribution is 5.36. The van der Waals surface area contributed by atoms with Crippen LogP contribution in [0.25, 0.3) is 0 Å². The second-order valence-corrected chi connectivity index (χ2v) is 5.51. The number of allylic oxidation sites excluding steroid dienone is 1. The first-order valence-corrected chi connectivity index (χ1v) is 7.95. The van der Waals surface area contributed by atoms with Crippen LogP contribution in [0.4, 0.5) is 13.2 Å². The van der Waals surface area contributed by atoms with E-state index >= 15 is 0 Å². The molecule has 0 fully saturated rings. The zero-order valence-corrected chi connectivity index (χ0v) is 13.9. The number of nitriles is 1. The molecule has 0 radical (unpaired) electrons. The van der Waals surface area contributed by atoms with Crippen molar-refractivity contribution in [3.05, 3.63) is 76.6 Å². The lowest BCUT2D eigenvalue weighted by atomic mass is 10.0. The molecular formula is C20H18F3NO. The second kappa shape index (κ2) is 8.93. The van der Waals surface area contributed by atoms with E-state index in [1.807, 2.05) is 19.1 Å². The molecule has 2 aromatic rings. The maximum Gasteiger partial charge on any atom is 0.144 e. The Morgan fingerprint density at radius 3 is 2.36 bits per heavy atom. The molecule has 2 nitrogen and oxygen atoms in total. The summed E-state index contributed by atoms with van der Waals surface area (Å²) in [5, 5.41) is 8.66. The standard InChI is InChI=1S/C20H18F3NO/c1-2-3-4-9-25-16-8-7-15(18(21)12-16)6-5-14-10-19(22)17(13-24)20(23)11-14/h2-3,7-8,10-12H,4-6,9H2,1H3/b3-2+. The topological polar surface area (TPSA) is 33.0 Å². The third kappa shape index (κ3) is 5.12. The van der Waals surface area contributed by atoms with Crippen molar-refractivity contribution in [2.24, 2.45) is 0 Å². The first-order valence-electron chi connectivity index (χ1n) is 7.95. The van der Waals surface area contributed by atoms with Gasteiger partial charge >= 0.3 is 0 Å². The maximum absolute atomic E-state index is 14.1. The van der Waals surface area contributed by atoms with E-state index in [4.69, 9.17) is 10.00 Å². The molecule has 0 spiro atoms. The molecule has 2 rings (SSSR count). The second-order valence-electron chi connectivity index (χ2n) is 5.51. The largest absolute Gasteiger partial charge is 0.493 e. The molecule has 0 aliphatic heterocycles. The quantitative estimate of drug-likeness (QED) is 0.516. The molecule has 0 aliphatic carbocycles. The summed E-state index contributed by atoms with van der Waals surface area (Å²) in [5.74, 6) is -1.77. The van der Waals surface area contributed by atoms with Gasteiger partial charge in [-0.25, -0.2) is 13.2 Å². The first kappa shape index (κ1) is 18.6. The lowest BCUT2D eigenvalue weighted by Crippen LogP contribution is -2.00. The van der Waals surface area contributed by atoms with Crippen molar-refractivity contribution in [1.29, 1.82) is 5.26 Å². The van der Waals surface area contributed by atoms with Gasteiger partial charge in [-0.2, -0.15) is 5.26 Å². The van der Waals surface area contributed by atoms with Gasteiger partial charge in [-0.05, 0) is 55.5 Å². The fourth-order valence-electron chi connectivity index (χ4n) is 2.39. The van der Waals surface area contributed by atoms with Crippen LogP contribution in [-0.2, 0) is 12.8 Å². The number of aryl methyl sites for hydroxylation is 2. The van der Waals surface area contributed by atoms with Crippen molar-refractivity contribution >= 4 is 0 Å². The molecule has 0 aliphatic rings. The third-order valence-electron chi connectivity index (χ3n) is 3.71. The van der Waals surface area contributed by atoms with Crippen LogP contribution in [0.3, 0.4) is 0 Å². The van der Waals surface area contributed by atoms with Gasteiger partial charge in [0.2, 0.25) is 0 Å². The summed E-state index contributed by atoms with van der Waals surface area (Å²) in [6, 6.07) is 8.29. The predicted molar refractivity (Wildman–Crippen MR) is 89.8 cm³/mol. The molecule has 0 unspecified atom stereocenters. The smallest absolute Gasteiger partial charge is 0.144 e. The molecule has 130 valence electrons. The van der Waals surface area contributed by atoms with E-state index in [-0.39, 0.29) is 12.8 Å². The van der Waals surface area contributed by atoms with Crippen LogP contribution in [-0.4, -0.2) is 6.61 Å². The van der Waals surface area contributed by atoms with E-state index in [2.05, 4.69) is 0 Å². The van der Waals surface area contributed by atoms with E-state index in [0.29, 0.717) is 23.5 Å². The number of halogens is 3. The van der Waals surface area contributed by atoms with E-state index in [0.717, 1.165) is 18.6 Å². The Labute approximate surface area is 145 Å². The number of ether oxygens (including phenoxy) is 1. The van der Waals surface area contributed by atoms with Crippen LogP contribution in [0.5, 0.6) is 5.75 Å². The average Bonchev–Trinajstić information content (AvgIpc) is 2.58. The van der Waals surface area contributed by atoms with Crippen molar-refractivity contribution in [3.8, 4) is 11.8 Å². The Kier molecular flexibility index (Phi) is 6.64. The Hall–Kier alpha value is -2.74. The highest BCUT2D eigenvalue weighted by Gasteiger charge is 2.11. The summed E-state index contributed by atoms with van der Waals surface area (Å²) >= 11 is 0. The molecule has 0 atom stereocenters. The highest BCUT2D eigenvalue weighted by Crippen LogP contribution is 2.20. The Morgan fingerprint density at radius 1 is 1.04 bits per heavy atom. The van der Waals surface area contributed by atoms with E-state index < -0.39 is 23.0 Å². The van der Waals surface area contributed by atoms with Crippen LogP contribution >= 0.6 is 0 Å². The van der Waals surface area contributed by atoms with Gasteiger partial charge < -0.3 is 4.74 Å². The molecule has 0 amide bonds. The fourth-order valence-corrected chi connectivity index (χ4v) is 2.39. The number of hydrogen-bond acceptors (Lipinski definition) is 2. The van der Waals surface area contributed by atoms with Crippen molar-refractivity contribution in [3.63, 3.8) is 0 Å². The van der Waals surface area contributed by atoms with Gasteiger partial charge in [-0.3, -0.25) is 0 Å². The summed E-state index contributed by atoms with van der Waals surface area (Å²) in [6.07, 6.45) is 5.17. The molecule has 0 saturated carbocycles. The summed E-state index contributed by atoms with van der Waals surface area (Å²) in [6.45, 7) is 2.38. The maximum atomic E-state index is 14.1. The van der Waals surface area contributed by atoms with E-state index in [9.17, 15) is 13.2 Å². The monoisotopic (exact) mass is 345 g/mol. The minimum Gasteiger partial charge on any atom is -0.493 e. The van der Waals surface area contributed by atoms with Gasteiger partial charge in [0.1, 0.15) is 34.8 Å². The minimum absolute atomic E-state index is 0.262. The molecule has 2 aromatic carbocycles.